The van der Waals surface area contributed by atoms with Gasteiger partial charge in [0.05, 0.1) is 0 Å². The van der Waals surface area contributed by atoms with Crippen LogP contribution in [-0.2, 0) is 19.4 Å². The first-order chi connectivity index (χ1) is 14.8. The van der Waals surface area contributed by atoms with Crippen LogP contribution in [0.1, 0.15) is 82.8 Å². The van der Waals surface area contributed by atoms with Crippen LogP contribution in [0.25, 0.3) is 0 Å². The molecule has 4 rings (SSSR count). The molecule has 30 heavy (non-hydrogen) atoms. The second-order valence-corrected chi connectivity index (χ2v) is 9.25. The Hall–Kier alpha value is -1.63. The molecule has 0 amide bonds. The van der Waals surface area contributed by atoms with Gasteiger partial charge in [0.25, 0.3) is 0 Å². The molecule has 7 heteroatoms. The van der Waals surface area contributed by atoms with Gasteiger partial charge in [0.15, 0.2) is 5.96 Å². The van der Waals surface area contributed by atoms with Crippen LogP contribution in [0.3, 0.4) is 0 Å². The lowest BCUT2D eigenvalue weighted by molar-refractivity contribution is 0.150. The number of fused-ring (bicyclic) bond motifs is 1. The van der Waals surface area contributed by atoms with E-state index in [-0.39, 0.29) is 0 Å². The fourth-order valence-electron chi connectivity index (χ4n) is 5.35. The molecule has 0 spiro atoms. The number of piperidine rings is 1. The van der Waals surface area contributed by atoms with Crippen molar-refractivity contribution in [3.05, 3.63) is 11.6 Å². The summed E-state index contributed by atoms with van der Waals surface area (Å²) in [5.41, 5.74) is 0. The molecule has 1 aliphatic carbocycles. The molecule has 0 aromatic carbocycles. The Morgan fingerprint density at radius 2 is 1.83 bits per heavy atom. The summed E-state index contributed by atoms with van der Waals surface area (Å²) < 4.78 is 2.36. The van der Waals surface area contributed by atoms with Gasteiger partial charge in [-0.15, -0.1) is 10.2 Å². The normalized spacial score (nSPS) is 22.1. The summed E-state index contributed by atoms with van der Waals surface area (Å²) in [6, 6.07) is 1.41. The molecule has 168 valence electrons. The summed E-state index contributed by atoms with van der Waals surface area (Å²) in [5.74, 6) is 3.32. The minimum atomic E-state index is 0.549. The third-order valence-electron chi connectivity index (χ3n) is 7.07. The van der Waals surface area contributed by atoms with Crippen LogP contribution < -0.4 is 10.6 Å². The van der Waals surface area contributed by atoms with Crippen molar-refractivity contribution in [1.29, 1.82) is 0 Å². The number of nitrogens with one attached hydrogen (secondary N) is 2. The maximum atomic E-state index is 4.86. The molecule has 3 aliphatic rings. The van der Waals surface area contributed by atoms with E-state index in [1.54, 1.807) is 0 Å². The molecule has 3 heterocycles. The highest BCUT2D eigenvalue weighted by molar-refractivity contribution is 5.80. The fourth-order valence-corrected chi connectivity index (χ4v) is 5.35. The maximum absolute atomic E-state index is 4.86. The first-order valence-electron chi connectivity index (χ1n) is 12.5. The standard InChI is InChI=1S/C23H41N7/c1-2-24-23(26-19-13-17-29(18-14-19)20-9-5-6-10-20)25-15-8-12-22-28-27-21-11-4-3-7-16-30(21)22/h19-20H,2-18H2,1H3,(H2,24,25,26). The minimum absolute atomic E-state index is 0.549. The molecule has 1 aromatic rings. The van der Waals surface area contributed by atoms with Crippen LogP contribution in [0.2, 0.25) is 0 Å². The van der Waals surface area contributed by atoms with E-state index in [1.807, 2.05) is 0 Å². The van der Waals surface area contributed by atoms with Gasteiger partial charge in [0, 0.05) is 57.6 Å². The highest BCUT2D eigenvalue weighted by Crippen LogP contribution is 2.26. The zero-order valence-corrected chi connectivity index (χ0v) is 18.9. The quantitative estimate of drug-likeness (QED) is 0.407. The number of hydrogen-bond acceptors (Lipinski definition) is 4. The monoisotopic (exact) mass is 415 g/mol. The van der Waals surface area contributed by atoms with E-state index in [9.17, 15) is 0 Å². The van der Waals surface area contributed by atoms with E-state index >= 15 is 0 Å². The predicted molar refractivity (Wildman–Crippen MR) is 122 cm³/mol. The minimum Gasteiger partial charge on any atom is -0.357 e. The summed E-state index contributed by atoms with van der Waals surface area (Å²) in [6.07, 6.45) is 15.0. The van der Waals surface area contributed by atoms with Crippen LogP contribution >= 0.6 is 0 Å². The van der Waals surface area contributed by atoms with Crippen molar-refractivity contribution in [2.45, 2.75) is 103 Å². The smallest absolute Gasteiger partial charge is 0.191 e. The summed E-state index contributed by atoms with van der Waals surface area (Å²) in [6.45, 7) is 7.44. The number of aromatic nitrogens is 3. The third-order valence-corrected chi connectivity index (χ3v) is 7.07. The second kappa shape index (κ2) is 11.1. The Labute approximate surface area is 182 Å². The molecule has 2 N–H and O–H groups in total. The first-order valence-corrected chi connectivity index (χ1v) is 12.5. The highest BCUT2D eigenvalue weighted by atomic mass is 15.3. The largest absolute Gasteiger partial charge is 0.357 e. The third kappa shape index (κ3) is 5.74. The Kier molecular flexibility index (Phi) is 8.01. The van der Waals surface area contributed by atoms with Gasteiger partial charge >= 0.3 is 0 Å². The van der Waals surface area contributed by atoms with Gasteiger partial charge in [-0.3, -0.25) is 4.99 Å². The lowest BCUT2D eigenvalue weighted by Crippen LogP contribution is -2.50. The number of aryl methyl sites for hydroxylation is 2. The van der Waals surface area contributed by atoms with Crippen molar-refractivity contribution in [2.24, 2.45) is 4.99 Å². The lowest BCUT2D eigenvalue weighted by atomic mass is 10.0. The van der Waals surface area contributed by atoms with E-state index in [0.29, 0.717) is 6.04 Å². The fraction of sp³-hybridized carbons (Fsp3) is 0.870. The first kappa shape index (κ1) is 21.6. The van der Waals surface area contributed by atoms with E-state index in [2.05, 4.69) is 37.2 Å². The summed E-state index contributed by atoms with van der Waals surface area (Å²) in [4.78, 5) is 7.59. The van der Waals surface area contributed by atoms with Gasteiger partial charge in [-0.25, -0.2) is 0 Å². The van der Waals surface area contributed by atoms with E-state index in [1.165, 1.54) is 76.7 Å². The summed E-state index contributed by atoms with van der Waals surface area (Å²) in [7, 11) is 0. The molecule has 1 saturated carbocycles. The van der Waals surface area contributed by atoms with Crippen molar-refractivity contribution in [2.75, 3.05) is 26.2 Å². The molecule has 2 aliphatic heterocycles. The average molecular weight is 416 g/mol. The Morgan fingerprint density at radius 1 is 1.00 bits per heavy atom. The molecule has 1 aromatic heterocycles. The van der Waals surface area contributed by atoms with Crippen molar-refractivity contribution in [3.8, 4) is 0 Å². The predicted octanol–water partition coefficient (Wildman–Crippen LogP) is 2.90. The molecular formula is C23H41N7. The van der Waals surface area contributed by atoms with Gasteiger partial charge < -0.3 is 20.1 Å². The van der Waals surface area contributed by atoms with Crippen molar-refractivity contribution >= 4 is 5.96 Å². The number of hydrogen-bond donors (Lipinski definition) is 2. The number of aliphatic imine (C=N–C) groups is 1. The van der Waals surface area contributed by atoms with Crippen LogP contribution in [0, 0.1) is 0 Å². The van der Waals surface area contributed by atoms with Gasteiger partial charge in [-0.05, 0) is 51.9 Å². The summed E-state index contributed by atoms with van der Waals surface area (Å²) >= 11 is 0. The van der Waals surface area contributed by atoms with Crippen molar-refractivity contribution in [1.82, 2.24) is 30.3 Å². The summed E-state index contributed by atoms with van der Waals surface area (Å²) in [5, 5.41) is 16.0. The van der Waals surface area contributed by atoms with Crippen LogP contribution in [0.5, 0.6) is 0 Å². The van der Waals surface area contributed by atoms with E-state index < -0.39 is 0 Å². The topological polar surface area (TPSA) is 70.4 Å². The molecular weight excluding hydrogens is 374 g/mol. The zero-order valence-electron chi connectivity index (χ0n) is 18.9. The van der Waals surface area contributed by atoms with Gasteiger partial charge in [-0.2, -0.15) is 0 Å². The van der Waals surface area contributed by atoms with Crippen molar-refractivity contribution in [3.63, 3.8) is 0 Å². The van der Waals surface area contributed by atoms with Gasteiger partial charge in [0.2, 0.25) is 0 Å². The Morgan fingerprint density at radius 3 is 2.63 bits per heavy atom. The number of rotatable bonds is 7. The molecule has 1 saturated heterocycles. The lowest BCUT2D eigenvalue weighted by Gasteiger charge is -2.36. The van der Waals surface area contributed by atoms with Crippen LogP contribution in [0.15, 0.2) is 4.99 Å². The number of likely N-dealkylation sites (tertiary alicyclic amines) is 1. The van der Waals surface area contributed by atoms with Gasteiger partial charge in [0.1, 0.15) is 11.6 Å². The molecule has 2 fully saturated rings. The number of guanidine groups is 1. The Bertz CT molecular complexity index is 669. The molecule has 0 unspecified atom stereocenters. The molecule has 0 atom stereocenters. The second-order valence-electron chi connectivity index (χ2n) is 9.25. The molecule has 0 bridgehead atoms. The van der Waals surface area contributed by atoms with Crippen LogP contribution in [-0.4, -0.2) is 63.9 Å². The SMILES string of the molecule is CCNC(=NCCCc1nnc2n1CCCCC2)NC1CCN(C2CCCC2)CC1. The van der Waals surface area contributed by atoms with E-state index in [4.69, 9.17) is 4.99 Å². The Balaban J connectivity index is 1.22. The molecule has 7 nitrogen and oxygen atoms in total. The van der Waals surface area contributed by atoms with Crippen LogP contribution in [0.4, 0.5) is 0 Å². The zero-order chi connectivity index (χ0) is 20.6. The van der Waals surface area contributed by atoms with Crippen molar-refractivity contribution < 1.29 is 0 Å². The van der Waals surface area contributed by atoms with E-state index in [0.717, 1.165) is 56.7 Å². The maximum Gasteiger partial charge on any atom is 0.191 e. The average Bonchev–Trinajstić information content (AvgIpc) is 3.37. The highest BCUT2D eigenvalue weighted by Gasteiger charge is 2.27. The van der Waals surface area contributed by atoms with Gasteiger partial charge in [-0.1, -0.05) is 19.3 Å². The molecule has 0 radical (unpaired) electrons. The number of nitrogens with zero attached hydrogens (tertiary/aromatic N) is 5.